The first-order chi connectivity index (χ1) is 9.94. The summed E-state index contributed by atoms with van der Waals surface area (Å²) < 4.78 is 36.9. The molecule has 0 aliphatic carbocycles. The van der Waals surface area contributed by atoms with Crippen LogP contribution in [0.5, 0.6) is 0 Å². The summed E-state index contributed by atoms with van der Waals surface area (Å²) in [7, 11) is 0. The number of nitrogens with zero attached hydrogens (tertiary/aromatic N) is 2. The summed E-state index contributed by atoms with van der Waals surface area (Å²) in [6.07, 6.45) is -3.28. The molecule has 1 aromatic carbocycles. The topological polar surface area (TPSA) is 32.5 Å². The van der Waals surface area contributed by atoms with Gasteiger partial charge >= 0.3 is 6.18 Å². The van der Waals surface area contributed by atoms with Crippen LogP contribution in [0.4, 0.5) is 13.2 Å². The predicted octanol–water partition coefficient (Wildman–Crippen LogP) is 2.26. The molecule has 1 heterocycles. The second kappa shape index (κ2) is 7.24. The van der Waals surface area contributed by atoms with E-state index in [-0.39, 0.29) is 6.04 Å². The lowest BCUT2D eigenvalue weighted by atomic mass is 10.0. The Morgan fingerprint density at radius 2 is 1.57 bits per heavy atom. The number of alkyl halides is 3. The molecule has 0 spiro atoms. The van der Waals surface area contributed by atoms with Gasteiger partial charge in [-0.1, -0.05) is 30.3 Å². The zero-order chi connectivity index (χ0) is 15.3. The number of rotatable bonds is 5. The molecule has 2 N–H and O–H groups in total. The van der Waals surface area contributed by atoms with E-state index in [9.17, 15) is 13.2 Å². The maximum Gasteiger partial charge on any atom is 0.401 e. The molecule has 1 aromatic rings. The highest BCUT2D eigenvalue weighted by molar-refractivity contribution is 5.18. The standard InChI is InChI=1S/C15H22F3N3/c16-15(17,18)12-21-10-8-20(9-11-21)7-6-14(19)13-4-2-1-3-5-13/h1-5,14H,6-12,19H2. The van der Waals surface area contributed by atoms with Crippen LogP contribution >= 0.6 is 0 Å². The minimum Gasteiger partial charge on any atom is -0.324 e. The van der Waals surface area contributed by atoms with Gasteiger partial charge in [-0.15, -0.1) is 0 Å². The molecule has 1 fully saturated rings. The van der Waals surface area contributed by atoms with Gasteiger partial charge < -0.3 is 10.6 Å². The Morgan fingerprint density at radius 3 is 2.14 bits per heavy atom. The Labute approximate surface area is 123 Å². The average molecular weight is 301 g/mol. The van der Waals surface area contributed by atoms with E-state index in [1.54, 1.807) is 0 Å². The first-order valence-electron chi connectivity index (χ1n) is 7.26. The average Bonchev–Trinajstić information content (AvgIpc) is 2.45. The lowest BCUT2D eigenvalue weighted by Crippen LogP contribution is -2.49. The Bertz CT molecular complexity index is 414. The van der Waals surface area contributed by atoms with Gasteiger partial charge in [0.25, 0.3) is 0 Å². The molecule has 2 rings (SSSR count). The first-order valence-corrected chi connectivity index (χ1v) is 7.26. The lowest BCUT2D eigenvalue weighted by Gasteiger charge is -2.35. The summed E-state index contributed by atoms with van der Waals surface area (Å²) in [6.45, 7) is 2.33. The fourth-order valence-corrected chi connectivity index (χ4v) is 2.61. The van der Waals surface area contributed by atoms with Crippen LogP contribution in [0.25, 0.3) is 0 Å². The lowest BCUT2D eigenvalue weighted by molar-refractivity contribution is -0.149. The molecular formula is C15H22F3N3. The number of nitrogens with two attached hydrogens (primary N) is 1. The summed E-state index contributed by atoms with van der Waals surface area (Å²) >= 11 is 0. The van der Waals surface area contributed by atoms with Crippen molar-refractivity contribution in [2.75, 3.05) is 39.3 Å². The van der Waals surface area contributed by atoms with Gasteiger partial charge in [0.2, 0.25) is 0 Å². The van der Waals surface area contributed by atoms with E-state index in [2.05, 4.69) is 4.90 Å². The fourth-order valence-electron chi connectivity index (χ4n) is 2.61. The molecule has 1 atom stereocenters. The van der Waals surface area contributed by atoms with Gasteiger partial charge in [-0.2, -0.15) is 13.2 Å². The molecule has 0 bridgehead atoms. The van der Waals surface area contributed by atoms with Gasteiger partial charge in [-0.05, 0) is 12.0 Å². The maximum absolute atomic E-state index is 12.3. The van der Waals surface area contributed by atoms with Gasteiger partial charge in [-0.3, -0.25) is 4.90 Å². The summed E-state index contributed by atoms with van der Waals surface area (Å²) in [5.74, 6) is 0. The van der Waals surface area contributed by atoms with E-state index < -0.39 is 12.7 Å². The Hall–Kier alpha value is -1.11. The van der Waals surface area contributed by atoms with Crippen LogP contribution in [0.15, 0.2) is 30.3 Å². The van der Waals surface area contributed by atoms with Crippen molar-refractivity contribution < 1.29 is 13.2 Å². The molecule has 0 amide bonds. The van der Waals surface area contributed by atoms with Crippen LogP contribution in [0.3, 0.4) is 0 Å². The quantitative estimate of drug-likeness (QED) is 0.905. The molecule has 21 heavy (non-hydrogen) atoms. The monoisotopic (exact) mass is 301 g/mol. The second-order valence-electron chi connectivity index (χ2n) is 5.54. The van der Waals surface area contributed by atoms with Crippen molar-refractivity contribution in [1.82, 2.24) is 9.80 Å². The normalized spacial score (nSPS) is 19.6. The predicted molar refractivity (Wildman–Crippen MR) is 76.9 cm³/mol. The van der Waals surface area contributed by atoms with Crippen molar-refractivity contribution in [3.05, 3.63) is 35.9 Å². The molecule has 3 nitrogen and oxygen atoms in total. The largest absolute Gasteiger partial charge is 0.401 e. The Balaban J connectivity index is 1.69. The first kappa shape index (κ1) is 16.3. The SMILES string of the molecule is NC(CCN1CCN(CC(F)(F)F)CC1)c1ccccc1. The van der Waals surface area contributed by atoms with E-state index in [1.165, 1.54) is 4.90 Å². The Morgan fingerprint density at radius 1 is 1.00 bits per heavy atom. The molecule has 1 aliphatic heterocycles. The minimum absolute atomic E-state index is 0.0144. The summed E-state index contributed by atoms with van der Waals surface area (Å²) in [5.41, 5.74) is 7.24. The fraction of sp³-hybridized carbons (Fsp3) is 0.600. The number of hydrogen-bond donors (Lipinski definition) is 1. The number of halogens is 3. The summed E-state index contributed by atoms with van der Waals surface area (Å²) in [6, 6.07) is 9.88. The van der Waals surface area contributed by atoms with Crippen molar-refractivity contribution in [1.29, 1.82) is 0 Å². The van der Waals surface area contributed by atoms with Crippen LogP contribution in [0, 0.1) is 0 Å². The number of hydrogen-bond acceptors (Lipinski definition) is 3. The van der Waals surface area contributed by atoms with Gasteiger partial charge in [0, 0.05) is 38.8 Å². The molecular weight excluding hydrogens is 279 g/mol. The van der Waals surface area contributed by atoms with E-state index >= 15 is 0 Å². The highest BCUT2D eigenvalue weighted by Crippen LogP contribution is 2.18. The van der Waals surface area contributed by atoms with Crippen LogP contribution < -0.4 is 5.73 Å². The zero-order valence-electron chi connectivity index (χ0n) is 12.0. The third kappa shape index (κ3) is 5.65. The van der Waals surface area contributed by atoms with E-state index in [4.69, 9.17) is 5.73 Å². The second-order valence-corrected chi connectivity index (χ2v) is 5.54. The number of benzene rings is 1. The summed E-state index contributed by atoms with van der Waals surface area (Å²) in [5, 5.41) is 0. The molecule has 0 radical (unpaired) electrons. The van der Waals surface area contributed by atoms with Crippen LogP contribution in [0.1, 0.15) is 18.0 Å². The maximum atomic E-state index is 12.3. The molecule has 1 aliphatic rings. The highest BCUT2D eigenvalue weighted by atomic mass is 19.4. The molecule has 118 valence electrons. The van der Waals surface area contributed by atoms with Crippen molar-refractivity contribution >= 4 is 0 Å². The molecule has 6 heteroatoms. The van der Waals surface area contributed by atoms with Crippen LogP contribution in [-0.4, -0.2) is 55.2 Å². The third-order valence-electron chi connectivity index (χ3n) is 3.85. The van der Waals surface area contributed by atoms with Crippen molar-refractivity contribution in [3.63, 3.8) is 0 Å². The van der Waals surface area contributed by atoms with E-state index in [0.717, 1.165) is 18.5 Å². The van der Waals surface area contributed by atoms with Gasteiger partial charge in [0.15, 0.2) is 0 Å². The highest BCUT2D eigenvalue weighted by Gasteiger charge is 2.32. The van der Waals surface area contributed by atoms with Crippen LogP contribution in [0.2, 0.25) is 0 Å². The van der Waals surface area contributed by atoms with Crippen molar-refractivity contribution in [3.8, 4) is 0 Å². The summed E-state index contributed by atoms with van der Waals surface area (Å²) in [4.78, 5) is 3.66. The smallest absolute Gasteiger partial charge is 0.324 e. The van der Waals surface area contributed by atoms with E-state index in [1.807, 2.05) is 30.3 Å². The van der Waals surface area contributed by atoms with Gasteiger partial charge in [-0.25, -0.2) is 0 Å². The number of piperazine rings is 1. The Kier molecular flexibility index (Phi) is 5.61. The van der Waals surface area contributed by atoms with Crippen molar-refractivity contribution in [2.45, 2.75) is 18.6 Å². The third-order valence-corrected chi connectivity index (χ3v) is 3.85. The van der Waals surface area contributed by atoms with Crippen LogP contribution in [-0.2, 0) is 0 Å². The minimum atomic E-state index is -4.10. The molecule has 0 aromatic heterocycles. The zero-order valence-corrected chi connectivity index (χ0v) is 12.0. The van der Waals surface area contributed by atoms with Gasteiger partial charge in [0.05, 0.1) is 6.54 Å². The van der Waals surface area contributed by atoms with Gasteiger partial charge in [0.1, 0.15) is 0 Å². The van der Waals surface area contributed by atoms with E-state index in [0.29, 0.717) is 26.2 Å². The molecule has 0 saturated carbocycles. The van der Waals surface area contributed by atoms with Crippen molar-refractivity contribution in [2.24, 2.45) is 5.73 Å². The molecule has 1 unspecified atom stereocenters. The molecule has 1 saturated heterocycles.